The number of anilines is 1. The molecule has 2 aromatic heterocycles. The molecule has 178 valence electrons. The average molecular weight is 537 g/mol. The third-order valence-corrected chi connectivity index (χ3v) is 5.66. The molecule has 2 heterocycles. The molecule has 11 heteroatoms. The maximum absolute atomic E-state index is 13.2. The van der Waals surface area contributed by atoms with Gasteiger partial charge in [-0.1, -0.05) is 22.9 Å². The first-order valence-corrected chi connectivity index (χ1v) is 11.4. The van der Waals surface area contributed by atoms with E-state index in [4.69, 9.17) is 4.74 Å². The van der Waals surface area contributed by atoms with Crippen LogP contribution in [0.3, 0.4) is 0 Å². The van der Waals surface area contributed by atoms with Gasteiger partial charge >= 0.3 is 0 Å². The number of hydrogen-bond acceptors (Lipinski definition) is 8. The van der Waals surface area contributed by atoms with Gasteiger partial charge in [-0.25, -0.2) is 9.97 Å². The second kappa shape index (κ2) is 10.0. The summed E-state index contributed by atoms with van der Waals surface area (Å²) in [4.78, 5) is 34.1. The Kier molecular flexibility index (Phi) is 6.87. The summed E-state index contributed by atoms with van der Waals surface area (Å²) in [6, 6.07) is 13.6. The van der Waals surface area contributed by atoms with Gasteiger partial charge in [-0.2, -0.15) is 9.78 Å². The van der Waals surface area contributed by atoms with E-state index in [1.807, 2.05) is 38.1 Å². The lowest BCUT2D eigenvalue weighted by Crippen LogP contribution is -2.22. The van der Waals surface area contributed by atoms with Crippen molar-refractivity contribution in [3.63, 3.8) is 0 Å². The lowest BCUT2D eigenvalue weighted by molar-refractivity contribution is -0.385. The number of aryl methyl sites for hydroxylation is 1. The fourth-order valence-corrected chi connectivity index (χ4v) is 3.67. The van der Waals surface area contributed by atoms with E-state index < -0.39 is 4.92 Å². The SMILES string of the molecule is CCc1nc2ccc(Br)cc2c(=O)n1N=Cc1ccc(N(C)C)cc1Oc1ccc([N+](=O)[O-])cn1. The summed E-state index contributed by atoms with van der Waals surface area (Å²) in [7, 11) is 3.78. The van der Waals surface area contributed by atoms with Crippen LogP contribution in [-0.4, -0.2) is 39.9 Å². The fraction of sp³-hybridized carbons (Fsp3) is 0.167. The number of halogens is 1. The van der Waals surface area contributed by atoms with E-state index in [-0.39, 0.29) is 17.1 Å². The van der Waals surface area contributed by atoms with Crippen LogP contribution in [0.25, 0.3) is 10.9 Å². The summed E-state index contributed by atoms with van der Waals surface area (Å²) < 4.78 is 7.99. The number of ether oxygens (including phenoxy) is 1. The molecule has 0 radical (unpaired) electrons. The first-order valence-electron chi connectivity index (χ1n) is 10.6. The highest BCUT2D eigenvalue weighted by atomic mass is 79.9. The smallest absolute Gasteiger partial charge is 0.287 e. The molecule has 0 N–H and O–H groups in total. The first-order chi connectivity index (χ1) is 16.8. The van der Waals surface area contributed by atoms with E-state index in [9.17, 15) is 14.9 Å². The van der Waals surface area contributed by atoms with Gasteiger partial charge in [0, 0.05) is 54.4 Å². The molecule has 0 fully saturated rings. The third kappa shape index (κ3) is 5.19. The molecule has 0 aliphatic heterocycles. The van der Waals surface area contributed by atoms with E-state index in [2.05, 4.69) is 31.0 Å². The number of benzene rings is 2. The second-order valence-electron chi connectivity index (χ2n) is 7.73. The minimum Gasteiger partial charge on any atom is -0.438 e. The van der Waals surface area contributed by atoms with Gasteiger partial charge in [0.2, 0.25) is 5.88 Å². The topological polar surface area (TPSA) is 116 Å². The molecule has 2 aromatic carbocycles. The van der Waals surface area contributed by atoms with Crippen LogP contribution in [0.15, 0.2) is 69.1 Å². The Morgan fingerprint density at radius 1 is 1.20 bits per heavy atom. The predicted octanol–water partition coefficient (Wildman–Crippen LogP) is 4.77. The molecular formula is C24H21BrN6O4. The first kappa shape index (κ1) is 24.0. The Morgan fingerprint density at radius 2 is 2.00 bits per heavy atom. The molecule has 4 aromatic rings. The summed E-state index contributed by atoms with van der Waals surface area (Å²) in [5.74, 6) is 1.12. The second-order valence-corrected chi connectivity index (χ2v) is 8.65. The Balaban J connectivity index is 1.76. The van der Waals surface area contributed by atoms with Crippen LogP contribution in [0.2, 0.25) is 0 Å². The van der Waals surface area contributed by atoms with Crippen LogP contribution >= 0.6 is 15.9 Å². The number of nitro groups is 1. The molecule has 0 saturated carbocycles. The molecule has 0 aliphatic carbocycles. The summed E-state index contributed by atoms with van der Waals surface area (Å²) in [5, 5.41) is 15.8. The fourth-order valence-electron chi connectivity index (χ4n) is 3.31. The van der Waals surface area contributed by atoms with Crippen LogP contribution in [0.4, 0.5) is 11.4 Å². The molecule has 0 spiro atoms. The zero-order valence-electron chi connectivity index (χ0n) is 19.2. The van der Waals surface area contributed by atoms with E-state index >= 15 is 0 Å². The van der Waals surface area contributed by atoms with Crippen LogP contribution < -0.4 is 15.2 Å². The highest BCUT2D eigenvalue weighted by molar-refractivity contribution is 9.10. The summed E-state index contributed by atoms with van der Waals surface area (Å²) in [5.41, 5.74) is 1.63. The molecule has 0 amide bonds. The van der Waals surface area contributed by atoms with Crippen molar-refractivity contribution in [2.75, 3.05) is 19.0 Å². The maximum Gasteiger partial charge on any atom is 0.287 e. The molecule has 35 heavy (non-hydrogen) atoms. The van der Waals surface area contributed by atoms with Crippen LogP contribution in [0.1, 0.15) is 18.3 Å². The van der Waals surface area contributed by atoms with Gasteiger partial charge < -0.3 is 9.64 Å². The van der Waals surface area contributed by atoms with Crippen molar-refractivity contribution >= 4 is 44.4 Å². The number of hydrogen-bond donors (Lipinski definition) is 0. The zero-order valence-corrected chi connectivity index (χ0v) is 20.8. The molecule has 0 unspecified atom stereocenters. The largest absolute Gasteiger partial charge is 0.438 e. The van der Waals surface area contributed by atoms with Crippen molar-refractivity contribution < 1.29 is 9.66 Å². The third-order valence-electron chi connectivity index (χ3n) is 5.16. The Bertz CT molecular complexity index is 1500. The van der Waals surface area contributed by atoms with E-state index in [1.165, 1.54) is 23.0 Å². The Hall–Kier alpha value is -4.12. The van der Waals surface area contributed by atoms with Gasteiger partial charge in [-0.05, 0) is 30.3 Å². The molecule has 10 nitrogen and oxygen atoms in total. The van der Waals surface area contributed by atoms with Crippen molar-refractivity contribution in [2.45, 2.75) is 13.3 Å². The number of aromatic nitrogens is 3. The molecule has 4 rings (SSSR count). The number of nitrogens with zero attached hydrogens (tertiary/aromatic N) is 6. The number of fused-ring (bicyclic) bond motifs is 1. The summed E-state index contributed by atoms with van der Waals surface area (Å²) in [6.07, 6.45) is 3.16. The molecule has 0 atom stereocenters. The quantitative estimate of drug-likeness (QED) is 0.190. The van der Waals surface area contributed by atoms with Gasteiger partial charge in [-0.3, -0.25) is 14.9 Å². The van der Waals surface area contributed by atoms with Gasteiger partial charge in [0.15, 0.2) is 0 Å². The van der Waals surface area contributed by atoms with Crippen molar-refractivity contribution in [3.05, 3.63) is 91.1 Å². The van der Waals surface area contributed by atoms with Crippen LogP contribution in [0.5, 0.6) is 11.6 Å². The number of pyridine rings is 1. The lowest BCUT2D eigenvalue weighted by Gasteiger charge is -2.15. The highest BCUT2D eigenvalue weighted by Gasteiger charge is 2.12. The Morgan fingerprint density at radius 3 is 2.66 bits per heavy atom. The minimum absolute atomic E-state index is 0.136. The molecule has 0 aliphatic rings. The van der Waals surface area contributed by atoms with E-state index in [1.54, 1.807) is 24.3 Å². The van der Waals surface area contributed by atoms with Gasteiger partial charge in [0.25, 0.3) is 11.2 Å². The van der Waals surface area contributed by atoms with Gasteiger partial charge in [0.1, 0.15) is 17.8 Å². The summed E-state index contributed by atoms with van der Waals surface area (Å²) >= 11 is 3.40. The highest BCUT2D eigenvalue weighted by Crippen LogP contribution is 2.28. The van der Waals surface area contributed by atoms with Crippen molar-refractivity contribution in [2.24, 2.45) is 5.10 Å². The van der Waals surface area contributed by atoms with Crippen LogP contribution in [-0.2, 0) is 6.42 Å². The number of rotatable bonds is 7. The van der Waals surface area contributed by atoms with Gasteiger partial charge in [-0.15, -0.1) is 0 Å². The lowest BCUT2D eigenvalue weighted by atomic mass is 10.2. The van der Waals surface area contributed by atoms with Crippen molar-refractivity contribution in [3.8, 4) is 11.6 Å². The Labute approximate surface area is 208 Å². The van der Waals surface area contributed by atoms with Crippen LogP contribution in [0, 0.1) is 10.1 Å². The predicted molar refractivity (Wildman–Crippen MR) is 138 cm³/mol. The zero-order chi connectivity index (χ0) is 25.1. The average Bonchev–Trinajstić information content (AvgIpc) is 2.84. The maximum atomic E-state index is 13.2. The minimum atomic E-state index is -0.527. The van der Waals surface area contributed by atoms with Crippen molar-refractivity contribution in [1.82, 2.24) is 14.6 Å². The van der Waals surface area contributed by atoms with E-state index in [0.29, 0.717) is 34.5 Å². The normalized spacial score (nSPS) is 11.2. The molecule has 0 bridgehead atoms. The monoisotopic (exact) mass is 536 g/mol. The van der Waals surface area contributed by atoms with Gasteiger partial charge in [0.05, 0.1) is 22.0 Å². The molecule has 0 saturated heterocycles. The standard InChI is InChI=1S/C24H21BrN6O4/c1-4-22-28-20-9-6-16(25)11-19(20)24(32)30(22)27-13-15-5-7-17(29(2)3)12-21(15)35-23-10-8-18(14-26-23)31(33)34/h5-14H,4H2,1-3H3. The van der Waals surface area contributed by atoms with E-state index in [0.717, 1.165) is 16.4 Å². The van der Waals surface area contributed by atoms with Crippen molar-refractivity contribution in [1.29, 1.82) is 0 Å². The summed E-state index contributed by atoms with van der Waals surface area (Å²) in [6.45, 7) is 1.90. The molecular weight excluding hydrogens is 516 g/mol.